The zero-order chi connectivity index (χ0) is 27.9. The highest BCUT2D eigenvalue weighted by Gasteiger charge is 2.46. The summed E-state index contributed by atoms with van der Waals surface area (Å²) in [4.78, 5) is 11.8. The van der Waals surface area contributed by atoms with Gasteiger partial charge in [0.25, 0.3) is 5.91 Å². The lowest BCUT2D eigenvalue weighted by Crippen LogP contribution is -2.36. The molecule has 1 aromatic carbocycles. The summed E-state index contributed by atoms with van der Waals surface area (Å²) >= 11 is 0. The third kappa shape index (κ3) is 9.08. The molecule has 39 heavy (non-hydrogen) atoms. The van der Waals surface area contributed by atoms with Gasteiger partial charge >= 0.3 is 6.18 Å². The predicted molar refractivity (Wildman–Crippen MR) is 141 cm³/mol. The average Bonchev–Trinajstić information content (AvgIpc) is 3.23. The quantitative estimate of drug-likeness (QED) is 0.298. The molecule has 6 nitrogen and oxygen atoms in total. The molecule has 0 spiro atoms. The van der Waals surface area contributed by atoms with E-state index in [4.69, 9.17) is 14.2 Å². The molecule has 9 heteroatoms. The van der Waals surface area contributed by atoms with Gasteiger partial charge in [0.15, 0.2) is 12.9 Å². The molecule has 5 atom stereocenters. The van der Waals surface area contributed by atoms with E-state index >= 15 is 0 Å². The van der Waals surface area contributed by atoms with Crippen LogP contribution in [0, 0.1) is 11.8 Å². The van der Waals surface area contributed by atoms with E-state index in [-0.39, 0.29) is 12.4 Å². The van der Waals surface area contributed by atoms with Gasteiger partial charge in [0.2, 0.25) is 0 Å². The summed E-state index contributed by atoms with van der Waals surface area (Å²) in [6.45, 7) is 1.11. The van der Waals surface area contributed by atoms with Gasteiger partial charge in [0.1, 0.15) is 12.3 Å². The second kappa shape index (κ2) is 13.7. The van der Waals surface area contributed by atoms with Crippen LogP contribution in [-0.2, 0) is 27.1 Å². The minimum atomic E-state index is -4.46. The highest BCUT2D eigenvalue weighted by Crippen LogP contribution is 2.49. The molecule has 220 valence electrons. The molecule has 2 fully saturated rings. The Bertz CT molecular complexity index is 936. The number of carbonyl (C=O) groups excluding carboxylic acids is 1. The zero-order valence-corrected chi connectivity index (χ0v) is 23.1. The van der Waals surface area contributed by atoms with E-state index in [1.165, 1.54) is 6.42 Å². The predicted octanol–water partition coefficient (Wildman–Crippen LogP) is 5.87. The third-order valence-electron chi connectivity index (χ3n) is 8.52. The number of benzene rings is 1. The van der Waals surface area contributed by atoms with Gasteiger partial charge in [-0.2, -0.15) is 13.2 Å². The first kappa shape index (κ1) is 30.1. The molecule has 1 heterocycles. The molecule has 1 unspecified atom stereocenters. The Morgan fingerprint density at radius 3 is 2.69 bits per heavy atom. The van der Waals surface area contributed by atoms with E-state index < -0.39 is 30.8 Å². The normalized spacial score (nSPS) is 27.5. The van der Waals surface area contributed by atoms with Crippen molar-refractivity contribution in [2.75, 3.05) is 19.8 Å². The van der Waals surface area contributed by atoms with Crippen LogP contribution in [0.1, 0.15) is 88.7 Å². The van der Waals surface area contributed by atoms with Crippen molar-refractivity contribution in [1.82, 2.24) is 5.32 Å². The summed E-state index contributed by atoms with van der Waals surface area (Å²) in [6.07, 6.45) is 7.61. The summed E-state index contributed by atoms with van der Waals surface area (Å²) in [6, 6.07) is 5.67. The Balaban J connectivity index is 1.31. The first-order valence-electron chi connectivity index (χ1n) is 14.7. The molecule has 3 aliphatic rings. The molecule has 2 aliphatic carbocycles. The number of nitrogens with one attached hydrogen (secondary N) is 1. The molecule has 1 saturated carbocycles. The molecule has 0 aromatic heterocycles. The SMILES string of the molecule is CCCCC[C@H](CC[C@]1(O)C[C@H]2Cc3cccc(OCC(=O)NCC(F)(F)F)c3C[C@H]2C1)OC1CCCCO1. The number of hydrogen-bond acceptors (Lipinski definition) is 5. The van der Waals surface area contributed by atoms with Gasteiger partial charge in [-0.15, -0.1) is 0 Å². The number of amides is 1. The summed E-state index contributed by atoms with van der Waals surface area (Å²) in [7, 11) is 0. The van der Waals surface area contributed by atoms with Crippen LogP contribution in [0.3, 0.4) is 0 Å². The van der Waals surface area contributed by atoms with Crippen molar-refractivity contribution in [2.45, 2.75) is 115 Å². The monoisotopic (exact) mass is 555 g/mol. The fraction of sp³-hybridized carbons (Fsp3) is 0.767. The van der Waals surface area contributed by atoms with Crippen molar-refractivity contribution in [3.05, 3.63) is 29.3 Å². The zero-order valence-electron chi connectivity index (χ0n) is 23.1. The van der Waals surface area contributed by atoms with Gasteiger partial charge in [-0.3, -0.25) is 4.79 Å². The number of hydrogen-bond donors (Lipinski definition) is 2. The lowest BCUT2D eigenvalue weighted by atomic mass is 9.77. The van der Waals surface area contributed by atoms with Gasteiger partial charge in [0, 0.05) is 6.61 Å². The largest absolute Gasteiger partial charge is 0.483 e. The number of halogens is 3. The molecule has 4 rings (SSSR count). The topological polar surface area (TPSA) is 77.0 Å². The van der Waals surface area contributed by atoms with Crippen LogP contribution in [0.2, 0.25) is 0 Å². The molecule has 1 saturated heterocycles. The first-order chi connectivity index (χ1) is 18.6. The van der Waals surface area contributed by atoms with Crippen LogP contribution in [0.4, 0.5) is 13.2 Å². The number of aliphatic hydroxyl groups is 1. The maximum atomic E-state index is 12.4. The number of ether oxygens (including phenoxy) is 3. The molecule has 0 radical (unpaired) electrons. The van der Waals surface area contributed by atoms with E-state index in [9.17, 15) is 23.1 Å². The summed E-state index contributed by atoms with van der Waals surface area (Å²) in [5.41, 5.74) is 1.39. The second-order valence-corrected chi connectivity index (χ2v) is 11.7. The number of fused-ring (bicyclic) bond motifs is 2. The highest BCUT2D eigenvalue weighted by atomic mass is 19.4. The average molecular weight is 556 g/mol. The van der Waals surface area contributed by atoms with Crippen LogP contribution in [-0.4, -0.2) is 54.9 Å². The van der Waals surface area contributed by atoms with E-state index in [1.807, 2.05) is 17.4 Å². The molecular formula is C30H44F3NO5. The first-order valence-corrected chi connectivity index (χ1v) is 14.7. The smallest absolute Gasteiger partial charge is 0.405 e. The van der Waals surface area contributed by atoms with E-state index in [2.05, 4.69) is 6.92 Å². The van der Waals surface area contributed by atoms with Crippen molar-refractivity contribution >= 4 is 5.91 Å². The Morgan fingerprint density at radius 1 is 1.18 bits per heavy atom. The van der Waals surface area contributed by atoms with Gasteiger partial charge in [-0.1, -0.05) is 38.3 Å². The number of rotatable bonds is 13. The van der Waals surface area contributed by atoms with Crippen LogP contribution in [0.15, 0.2) is 18.2 Å². The van der Waals surface area contributed by atoms with Gasteiger partial charge in [0.05, 0.1) is 11.7 Å². The molecular weight excluding hydrogens is 511 g/mol. The number of alkyl halides is 3. The Morgan fingerprint density at radius 2 is 1.97 bits per heavy atom. The van der Waals surface area contributed by atoms with Crippen molar-refractivity contribution in [2.24, 2.45) is 11.8 Å². The van der Waals surface area contributed by atoms with Gasteiger partial charge < -0.3 is 24.6 Å². The second-order valence-electron chi connectivity index (χ2n) is 11.7. The summed E-state index contributed by atoms with van der Waals surface area (Å²) in [5.74, 6) is 0.407. The molecule has 1 aliphatic heterocycles. The summed E-state index contributed by atoms with van der Waals surface area (Å²) < 4.78 is 55.0. The molecule has 1 amide bonds. The summed E-state index contributed by atoms with van der Waals surface area (Å²) in [5, 5.41) is 13.5. The van der Waals surface area contributed by atoms with Crippen LogP contribution in [0.5, 0.6) is 5.75 Å². The van der Waals surface area contributed by atoms with Crippen LogP contribution in [0.25, 0.3) is 0 Å². The van der Waals surface area contributed by atoms with Gasteiger partial charge in [-0.05, 0) is 93.2 Å². The van der Waals surface area contributed by atoms with Crippen molar-refractivity contribution in [1.29, 1.82) is 0 Å². The van der Waals surface area contributed by atoms with E-state index in [0.717, 1.165) is 81.9 Å². The Kier molecular flexibility index (Phi) is 10.6. The molecule has 1 aromatic rings. The van der Waals surface area contributed by atoms with E-state index in [1.54, 1.807) is 6.07 Å². The van der Waals surface area contributed by atoms with Crippen molar-refractivity contribution < 1.29 is 37.3 Å². The fourth-order valence-corrected chi connectivity index (χ4v) is 6.55. The van der Waals surface area contributed by atoms with Gasteiger partial charge in [-0.25, -0.2) is 0 Å². The number of carbonyl (C=O) groups is 1. The fourth-order valence-electron chi connectivity index (χ4n) is 6.55. The minimum absolute atomic E-state index is 0.0898. The van der Waals surface area contributed by atoms with Crippen LogP contribution >= 0.6 is 0 Å². The maximum Gasteiger partial charge on any atom is 0.405 e. The number of unbranched alkanes of at least 4 members (excludes halogenated alkanes) is 2. The van der Waals surface area contributed by atoms with E-state index in [0.29, 0.717) is 30.4 Å². The third-order valence-corrected chi connectivity index (χ3v) is 8.52. The van der Waals surface area contributed by atoms with Crippen LogP contribution < -0.4 is 10.1 Å². The lowest BCUT2D eigenvalue weighted by Gasteiger charge is -2.30. The lowest BCUT2D eigenvalue weighted by molar-refractivity contribution is -0.192. The van der Waals surface area contributed by atoms with Crippen molar-refractivity contribution in [3.63, 3.8) is 0 Å². The molecule has 2 N–H and O–H groups in total. The standard InChI is InChI=1S/C30H44F3NO5/c1-2-3-4-9-24(39-28-11-5-6-14-37-28)12-13-29(36)17-22-15-21-8-7-10-26(25(21)16-23(22)18-29)38-19-27(35)34-20-30(31,32)33/h7-8,10,22-24,28,36H,2-6,9,11-20H2,1H3,(H,34,35)/t22-,23+,24-,28?,29+/m1/s1. The minimum Gasteiger partial charge on any atom is -0.483 e. The maximum absolute atomic E-state index is 12.4. The molecule has 0 bridgehead atoms. The van der Waals surface area contributed by atoms with Crippen molar-refractivity contribution in [3.8, 4) is 5.75 Å². The highest BCUT2D eigenvalue weighted by molar-refractivity contribution is 5.77. The Labute approximate surface area is 230 Å². The Hall–Kier alpha value is -1.84.